The zero-order chi connectivity index (χ0) is 13.1. The van der Waals surface area contributed by atoms with Crippen LogP contribution in [0.4, 0.5) is 0 Å². The van der Waals surface area contributed by atoms with Crippen LogP contribution in [0, 0.1) is 12.8 Å². The Balaban J connectivity index is 0.00000180. The van der Waals surface area contributed by atoms with Crippen LogP contribution in [0.5, 0.6) is 0 Å². The van der Waals surface area contributed by atoms with Gasteiger partial charge < -0.3 is 10.6 Å². The molecular formula is C15H23ClN2O. The molecule has 1 aromatic carbocycles. The molecule has 0 bridgehead atoms. The van der Waals surface area contributed by atoms with Crippen LogP contribution in [0.15, 0.2) is 24.3 Å². The van der Waals surface area contributed by atoms with Gasteiger partial charge in [0.15, 0.2) is 0 Å². The van der Waals surface area contributed by atoms with E-state index in [1.807, 2.05) is 23.1 Å². The fraction of sp³-hybridized carbons (Fsp3) is 0.533. The fourth-order valence-electron chi connectivity index (χ4n) is 2.73. The van der Waals surface area contributed by atoms with Crippen LogP contribution in [-0.4, -0.2) is 29.9 Å². The normalized spacial score (nSPS) is 22.2. The van der Waals surface area contributed by atoms with Gasteiger partial charge in [-0.25, -0.2) is 0 Å². The first-order valence-corrected chi connectivity index (χ1v) is 6.66. The number of halogens is 1. The van der Waals surface area contributed by atoms with Crippen molar-refractivity contribution in [2.24, 2.45) is 11.7 Å². The lowest BCUT2D eigenvalue weighted by molar-refractivity contribution is -0.131. The summed E-state index contributed by atoms with van der Waals surface area (Å²) in [7, 11) is 0. The molecule has 0 radical (unpaired) electrons. The second-order valence-corrected chi connectivity index (χ2v) is 5.34. The van der Waals surface area contributed by atoms with Crippen LogP contribution in [0.3, 0.4) is 0 Å². The van der Waals surface area contributed by atoms with E-state index in [-0.39, 0.29) is 18.3 Å². The minimum Gasteiger partial charge on any atom is -0.339 e. The highest BCUT2D eigenvalue weighted by atomic mass is 35.5. The lowest BCUT2D eigenvalue weighted by Crippen LogP contribution is -2.35. The van der Waals surface area contributed by atoms with Gasteiger partial charge in [0.2, 0.25) is 5.91 Å². The summed E-state index contributed by atoms with van der Waals surface area (Å²) in [4.78, 5) is 14.3. The molecule has 106 valence electrons. The Morgan fingerprint density at radius 2 is 2.11 bits per heavy atom. The Morgan fingerprint density at radius 3 is 2.68 bits per heavy atom. The summed E-state index contributed by atoms with van der Waals surface area (Å²) in [6.45, 7) is 5.67. The van der Waals surface area contributed by atoms with Gasteiger partial charge in [-0.2, -0.15) is 0 Å². The Morgan fingerprint density at radius 1 is 1.42 bits per heavy atom. The standard InChI is InChI=1S/C15H22N2O.ClH/c1-11-5-3-4-6-14(11)8-15(18)17-10-13(9-16)7-12(17)2;/h3-6,12-13H,7-10,16H2,1-2H3;1H. The van der Waals surface area contributed by atoms with Crippen molar-refractivity contribution >= 4 is 18.3 Å². The van der Waals surface area contributed by atoms with Crippen LogP contribution in [0.1, 0.15) is 24.5 Å². The van der Waals surface area contributed by atoms with E-state index in [0.717, 1.165) is 18.5 Å². The molecule has 2 atom stereocenters. The van der Waals surface area contributed by atoms with Crippen molar-refractivity contribution in [1.82, 2.24) is 4.90 Å². The number of rotatable bonds is 3. The minimum absolute atomic E-state index is 0. The highest BCUT2D eigenvalue weighted by molar-refractivity contribution is 5.85. The molecule has 0 aliphatic carbocycles. The van der Waals surface area contributed by atoms with E-state index >= 15 is 0 Å². The number of aryl methyl sites for hydroxylation is 1. The second-order valence-electron chi connectivity index (χ2n) is 5.34. The van der Waals surface area contributed by atoms with Gasteiger partial charge >= 0.3 is 0 Å². The molecular weight excluding hydrogens is 260 g/mol. The molecule has 1 amide bonds. The number of carbonyl (C=O) groups excluding carboxylic acids is 1. The molecule has 1 aromatic rings. The van der Waals surface area contributed by atoms with E-state index in [9.17, 15) is 4.79 Å². The lowest BCUT2D eigenvalue weighted by Gasteiger charge is -2.22. The van der Waals surface area contributed by atoms with Crippen LogP contribution >= 0.6 is 12.4 Å². The summed E-state index contributed by atoms with van der Waals surface area (Å²) in [5, 5.41) is 0. The molecule has 1 fully saturated rings. The monoisotopic (exact) mass is 282 g/mol. The number of amides is 1. The van der Waals surface area contributed by atoms with Crippen molar-refractivity contribution in [2.75, 3.05) is 13.1 Å². The molecule has 1 heterocycles. The van der Waals surface area contributed by atoms with Crippen LogP contribution < -0.4 is 5.73 Å². The first-order valence-electron chi connectivity index (χ1n) is 6.66. The third kappa shape index (κ3) is 3.71. The summed E-state index contributed by atoms with van der Waals surface area (Å²) in [5.41, 5.74) is 8.02. The summed E-state index contributed by atoms with van der Waals surface area (Å²) < 4.78 is 0. The quantitative estimate of drug-likeness (QED) is 0.923. The van der Waals surface area contributed by atoms with E-state index in [1.165, 1.54) is 5.56 Å². The predicted octanol–water partition coefficient (Wildman–Crippen LogP) is 2.16. The molecule has 2 unspecified atom stereocenters. The zero-order valence-electron chi connectivity index (χ0n) is 11.6. The number of likely N-dealkylation sites (tertiary alicyclic amines) is 1. The zero-order valence-corrected chi connectivity index (χ0v) is 12.5. The number of benzene rings is 1. The van der Waals surface area contributed by atoms with Gasteiger partial charge in [0.1, 0.15) is 0 Å². The maximum Gasteiger partial charge on any atom is 0.227 e. The van der Waals surface area contributed by atoms with Gasteiger partial charge in [0.05, 0.1) is 6.42 Å². The van der Waals surface area contributed by atoms with Crippen molar-refractivity contribution in [3.63, 3.8) is 0 Å². The average molecular weight is 283 g/mol. The first-order chi connectivity index (χ1) is 8.61. The van der Waals surface area contributed by atoms with Crippen LogP contribution in [0.2, 0.25) is 0 Å². The van der Waals surface area contributed by atoms with Crippen LogP contribution in [0.25, 0.3) is 0 Å². The van der Waals surface area contributed by atoms with E-state index in [1.54, 1.807) is 0 Å². The molecule has 1 aliphatic rings. The molecule has 3 nitrogen and oxygen atoms in total. The fourth-order valence-corrected chi connectivity index (χ4v) is 2.73. The van der Waals surface area contributed by atoms with Gasteiger partial charge in [-0.05, 0) is 43.9 Å². The Labute approximate surface area is 121 Å². The average Bonchev–Trinajstić information content (AvgIpc) is 2.73. The Kier molecular flexibility index (Phi) is 5.83. The first kappa shape index (κ1) is 16.0. The van der Waals surface area contributed by atoms with E-state index < -0.39 is 0 Å². The van der Waals surface area contributed by atoms with Crippen molar-refractivity contribution in [1.29, 1.82) is 0 Å². The third-order valence-corrected chi connectivity index (χ3v) is 3.92. The second kappa shape index (κ2) is 6.92. The predicted molar refractivity (Wildman–Crippen MR) is 80.5 cm³/mol. The molecule has 19 heavy (non-hydrogen) atoms. The van der Waals surface area contributed by atoms with E-state index in [0.29, 0.717) is 24.9 Å². The maximum absolute atomic E-state index is 12.3. The van der Waals surface area contributed by atoms with Gasteiger partial charge in [-0.1, -0.05) is 24.3 Å². The summed E-state index contributed by atoms with van der Waals surface area (Å²) in [6, 6.07) is 8.42. The number of nitrogens with two attached hydrogens (primary N) is 1. The summed E-state index contributed by atoms with van der Waals surface area (Å²) >= 11 is 0. The topological polar surface area (TPSA) is 46.3 Å². The summed E-state index contributed by atoms with van der Waals surface area (Å²) in [5.74, 6) is 0.702. The SMILES string of the molecule is Cc1ccccc1CC(=O)N1CC(CN)CC1C.Cl. The van der Waals surface area contributed by atoms with Gasteiger partial charge in [-0.15, -0.1) is 12.4 Å². The number of carbonyl (C=O) groups is 1. The molecule has 1 aliphatic heterocycles. The highest BCUT2D eigenvalue weighted by Crippen LogP contribution is 2.23. The Hall–Kier alpha value is -1.06. The van der Waals surface area contributed by atoms with Gasteiger partial charge in [0, 0.05) is 12.6 Å². The van der Waals surface area contributed by atoms with Crippen molar-refractivity contribution < 1.29 is 4.79 Å². The molecule has 1 saturated heterocycles. The highest BCUT2D eigenvalue weighted by Gasteiger charge is 2.31. The van der Waals surface area contributed by atoms with Crippen molar-refractivity contribution in [3.05, 3.63) is 35.4 Å². The van der Waals surface area contributed by atoms with Crippen molar-refractivity contribution in [3.8, 4) is 0 Å². The summed E-state index contributed by atoms with van der Waals surface area (Å²) in [6.07, 6.45) is 1.55. The van der Waals surface area contributed by atoms with Gasteiger partial charge in [-0.3, -0.25) is 4.79 Å². The Bertz CT molecular complexity index is 436. The number of nitrogens with zero attached hydrogens (tertiary/aromatic N) is 1. The lowest BCUT2D eigenvalue weighted by atomic mass is 10.1. The van der Waals surface area contributed by atoms with E-state index in [2.05, 4.69) is 19.9 Å². The smallest absolute Gasteiger partial charge is 0.227 e. The van der Waals surface area contributed by atoms with Crippen molar-refractivity contribution in [2.45, 2.75) is 32.7 Å². The van der Waals surface area contributed by atoms with Gasteiger partial charge in [0.25, 0.3) is 0 Å². The maximum atomic E-state index is 12.3. The molecule has 2 N–H and O–H groups in total. The molecule has 4 heteroatoms. The van der Waals surface area contributed by atoms with E-state index in [4.69, 9.17) is 5.73 Å². The minimum atomic E-state index is 0. The molecule has 0 aromatic heterocycles. The molecule has 0 saturated carbocycles. The number of hydrogen-bond acceptors (Lipinski definition) is 2. The molecule has 2 rings (SSSR count). The number of hydrogen-bond donors (Lipinski definition) is 1. The molecule has 0 spiro atoms. The van der Waals surface area contributed by atoms with Crippen LogP contribution in [-0.2, 0) is 11.2 Å². The largest absolute Gasteiger partial charge is 0.339 e. The third-order valence-electron chi connectivity index (χ3n) is 3.92.